The van der Waals surface area contributed by atoms with E-state index in [9.17, 15) is 10.1 Å². The highest BCUT2D eigenvalue weighted by Crippen LogP contribution is 2.45. The van der Waals surface area contributed by atoms with Crippen molar-refractivity contribution in [1.82, 2.24) is 0 Å². The highest BCUT2D eigenvalue weighted by molar-refractivity contribution is 8.02. The summed E-state index contributed by atoms with van der Waals surface area (Å²) in [5.74, 6) is -0.398. The van der Waals surface area contributed by atoms with Crippen LogP contribution in [-0.2, 0) is 4.74 Å². The number of carbonyl (C=O) groups excluding carboxylic acids is 1. The smallest absolute Gasteiger partial charge is 0.349 e. The van der Waals surface area contributed by atoms with Crippen LogP contribution in [0.4, 0.5) is 0 Å². The van der Waals surface area contributed by atoms with Crippen molar-refractivity contribution in [2.24, 2.45) is 0 Å². The van der Waals surface area contributed by atoms with E-state index in [2.05, 4.69) is 26.8 Å². The SMILES string of the molecule is CCOC(=O)c1sc(SC(C)(C)C)c(C#N)c1-c1ccc(Cl)cc1. The predicted molar refractivity (Wildman–Crippen MR) is 101 cm³/mol. The van der Waals surface area contributed by atoms with Gasteiger partial charge in [-0.25, -0.2) is 4.79 Å². The molecule has 0 aliphatic heterocycles. The highest BCUT2D eigenvalue weighted by atomic mass is 35.5. The number of benzene rings is 1. The highest BCUT2D eigenvalue weighted by Gasteiger charge is 2.27. The number of hydrogen-bond acceptors (Lipinski definition) is 5. The Morgan fingerprint density at radius 3 is 2.46 bits per heavy atom. The van der Waals surface area contributed by atoms with Crippen LogP contribution in [0.15, 0.2) is 28.5 Å². The molecule has 0 amide bonds. The molecule has 24 heavy (non-hydrogen) atoms. The minimum atomic E-state index is -0.398. The Morgan fingerprint density at radius 2 is 1.96 bits per heavy atom. The second-order valence-electron chi connectivity index (χ2n) is 6.02. The number of carbonyl (C=O) groups is 1. The molecular formula is C18H18ClNO2S2. The van der Waals surface area contributed by atoms with E-state index in [1.165, 1.54) is 11.3 Å². The van der Waals surface area contributed by atoms with Gasteiger partial charge in [0.1, 0.15) is 10.9 Å². The Labute approximate surface area is 155 Å². The number of ether oxygens (including phenoxy) is 1. The number of nitriles is 1. The van der Waals surface area contributed by atoms with Crippen molar-refractivity contribution in [2.75, 3.05) is 6.61 Å². The maximum atomic E-state index is 12.4. The fourth-order valence-corrected chi connectivity index (χ4v) is 5.09. The zero-order valence-electron chi connectivity index (χ0n) is 14.0. The lowest BCUT2D eigenvalue weighted by Gasteiger charge is -2.16. The Hall–Kier alpha value is -1.48. The van der Waals surface area contributed by atoms with Gasteiger partial charge >= 0.3 is 5.97 Å². The van der Waals surface area contributed by atoms with Crippen LogP contribution >= 0.6 is 34.7 Å². The summed E-state index contributed by atoms with van der Waals surface area (Å²) in [5, 5.41) is 10.3. The second-order valence-corrected chi connectivity index (χ2v) is 9.57. The topological polar surface area (TPSA) is 50.1 Å². The summed E-state index contributed by atoms with van der Waals surface area (Å²) in [4.78, 5) is 12.9. The Morgan fingerprint density at radius 1 is 1.33 bits per heavy atom. The van der Waals surface area contributed by atoms with Gasteiger partial charge in [0.2, 0.25) is 0 Å². The minimum Gasteiger partial charge on any atom is -0.462 e. The molecule has 0 atom stereocenters. The molecule has 1 heterocycles. The summed E-state index contributed by atoms with van der Waals surface area (Å²) in [7, 11) is 0. The molecule has 0 bridgehead atoms. The average Bonchev–Trinajstić information content (AvgIpc) is 2.84. The molecule has 2 aromatic rings. The van der Waals surface area contributed by atoms with E-state index < -0.39 is 5.97 Å². The average molecular weight is 380 g/mol. The number of rotatable bonds is 4. The molecule has 3 nitrogen and oxygen atoms in total. The summed E-state index contributed by atoms with van der Waals surface area (Å²) in [6.07, 6.45) is 0. The number of nitrogens with zero attached hydrogens (tertiary/aromatic N) is 1. The van der Waals surface area contributed by atoms with Gasteiger partial charge in [-0.15, -0.1) is 23.1 Å². The van der Waals surface area contributed by atoms with Gasteiger partial charge in [0, 0.05) is 15.3 Å². The molecule has 0 aliphatic carbocycles. The van der Waals surface area contributed by atoms with Gasteiger partial charge in [0.15, 0.2) is 0 Å². The molecule has 2 rings (SSSR count). The van der Waals surface area contributed by atoms with Crippen molar-refractivity contribution >= 4 is 40.7 Å². The normalized spacial score (nSPS) is 11.2. The zero-order chi connectivity index (χ0) is 17.9. The van der Waals surface area contributed by atoms with Crippen LogP contribution in [0, 0.1) is 11.3 Å². The van der Waals surface area contributed by atoms with Crippen molar-refractivity contribution in [2.45, 2.75) is 36.7 Å². The summed E-state index contributed by atoms with van der Waals surface area (Å²) in [6.45, 7) is 8.28. The van der Waals surface area contributed by atoms with E-state index in [0.717, 1.165) is 9.77 Å². The molecular weight excluding hydrogens is 362 g/mol. The quantitative estimate of drug-likeness (QED) is 0.482. The molecule has 0 unspecified atom stereocenters. The largest absolute Gasteiger partial charge is 0.462 e. The Kier molecular flexibility index (Phi) is 5.97. The van der Waals surface area contributed by atoms with Crippen molar-refractivity contribution in [1.29, 1.82) is 5.26 Å². The van der Waals surface area contributed by atoms with Crippen molar-refractivity contribution in [3.8, 4) is 17.2 Å². The van der Waals surface area contributed by atoms with Crippen LogP contribution in [0.1, 0.15) is 42.9 Å². The molecule has 126 valence electrons. The molecule has 0 saturated heterocycles. The molecule has 0 aliphatic rings. The lowest BCUT2D eigenvalue weighted by atomic mass is 10.0. The van der Waals surface area contributed by atoms with Gasteiger partial charge < -0.3 is 4.74 Å². The second kappa shape index (κ2) is 7.60. The minimum absolute atomic E-state index is 0.0698. The van der Waals surface area contributed by atoms with E-state index in [-0.39, 0.29) is 4.75 Å². The summed E-state index contributed by atoms with van der Waals surface area (Å²) in [5.41, 5.74) is 1.94. The van der Waals surface area contributed by atoms with Gasteiger partial charge in [0.25, 0.3) is 0 Å². The van der Waals surface area contributed by atoms with Gasteiger partial charge in [-0.3, -0.25) is 0 Å². The Bertz CT molecular complexity index is 783. The zero-order valence-corrected chi connectivity index (χ0v) is 16.4. The molecule has 0 spiro atoms. The van der Waals surface area contributed by atoms with Crippen LogP contribution in [-0.4, -0.2) is 17.3 Å². The summed E-state index contributed by atoms with van der Waals surface area (Å²) >= 11 is 8.86. The third-order valence-electron chi connectivity index (χ3n) is 2.98. The molecule has 0 radical (unpaired) electrons. The van der Waals surface area contributed by atoms with E-state index in [0.29, 0.717) is 27.6 Å². The first-order chi connectivity index (χ1) is 11.3. The van der Waals surface area contributed by atoms with E-state index in [4.69, 9.17) is 16.3 Å². The number of halogens is 1. The maximum absolute atomic E-state index is 12.4. The summed E-state index contributed by atoms with van der Waals surface area (Å²) < 4.78 is 5.95. The van der Waals surface area contributed by atoms with Gasteiger partial charge in [-0.05, 0) is 24.6 Å². The third-order valence-corrected chi connectivity index (χ3v) is 5.70. The Balaban J connectivity index is 2.66. The predicted octanol–water partition coefficient (Wildman–Crippen LogP) is 6.01. The van der Waals surface area contributed by atoms with Crippen LogP contribution in [0.2, 0.25) is 5.02 Å². The van der Waals surface area contributed by atoms with Crippen molar-refractivity contribution < 1.29 is 9.53 Å². The number of thioether (sulfide) groups is 1. The summed E-state index contributed by atoms with van der Waals surface area (Å²) in [6, 6.07) is 9.41. The van der Waals surface area contributed by atoms with Crippen molar-refractivity contribution in [3.63, 3.8) is 0 Å². The maximum Gasteiger partial charge on any atom is 0.349 e. The number of esters is 1. The molecule has 0 N–H and O–H groups in total. The first-order valence-electron chi connectivity index (χ1n) is 7.45. The van der Waals surface area contributed by atoms with Gasteiger partial charge in [-0.1, -0.05) is 44.5 Å². The van der Waals surface area contributed by atoms with Crippen LogP contribution in [0.5, 0.6) is 0 Å². The fraction of sp³-hybridized carbons (Fsp3) is 0.333. The van der Waals surface area contributed by atoms with E-state index in [1.807, 2.05) is 12.1 Å². The molecule has 0 fully saturated rings. The van der Waals surface area contributed by atoms with Crippen LogP contribution < -0.4 is 0 Å². The monoisotopic (exact) mass is 379 g/mol. The molecule has 1 aromatic carbocycles. The van der Waals surface area contributed by atoms with Crippen molar-refractivity contribution in [3.05, 3.63) is 39.7 Å². The van der Waals surface area contributed by atoms with E-state index in [1.54, 1.807) is 30.8 Å². The first kappa shape index (κ1) is 18.9. The molecule has 0 saturated carbocycles. The van der Waals surface area contributed by atoms with Crippen LogP contribution in [0.25, 0.3) is 11.1 Å². The number of hydrogen-bond donors (Lipinski definition) is 0. The standard InChI is InChI=1S/C18H18ClNO2S2/c1-5-22-16(21)15-14(11-6-8-12(19)9-7-11)13(10-20)17(23-15)24-18(2,3)4/h6-9H,5H2,1-4H3. The van der Waals surface area contributed by atoms with Gasteiger partial charge in [-0.2, -0.15) is 5.26 Å². The lowest BCUT2D eigenvalue weighted by molar-refractivity contribution is 0.0533. The molecule has 1 aromatic heterocycles. The van der Waals surface area contributed by atoms with Gasteiger partial charge in [0.05, 0.1) is 16.4 Å². The van der Waals surface area contributed by atoms with Crippen LogP contribution in [0.3, 0.4) is 0 Å². The fourth-order valence-electron chi connectivity index (χ4n) is 2.09. The lowest BCUT2D eigenvalue weighted by Crippen LogP contribution is -2.06. The number of thiophene rings is 1. The first-order valence-corrected chi connectivity index (χ1v) is 9.47. The van der Waals surface area contributed by atoms with E-state index >= 15 is 0 Å². The third kappa shape index (κ3) is 4.32. The molecule has 6 heteroatoms.